The second kappa shape index (κ2) is 14.1. The van der Waals surface area contributed by atoms with Gasteiger partial charge < -0.3 is 29.2 Å². The van der Waals surface area contributed by atoms with Crippen molar-refractivity contribution < 1.29 is 32.2 Å². The Kier molecular flexibility index (Phi) is 10.9. The Morgan fingerprint density at radius 3 is 2.00 bits per heavy atom. The molecule has 210 valence electrons. The number of methoxy groups -OCH3 is 1. The fourth-order valence-electron chi connectivity index (χ4n) is 4.22. The molecule has 11 heteroatoms. The molecule has 1 fully saturated rings. The van der Waals surface area contributed by atoms with Crippen molar-refractivity contribution in [3.63, 3.8) is 0 Å². The van der Waals surface area contributed by atoms with Crippen LogP contribution >= 0.6 is 0 Å². The van der Waals surface area contributed by atoms with E-state index in [2.05, 4.69) is 10.2 Å². The summed E-state index contributed by atoms with van der Waals surface area (Å²) in [7, 11) is -1.80. The number of hydrogen-bond acceptors (Lipinski definition) is 8. The summed E-state index contributed by atoms with van der Waals surface area (Å²) >= 11 is 0. The predicted molar refractivity (Wildman–Crippen MR) is 147 cm³/mol. The molecule has 2 aromatic carbocycles. The fraction of sp³-hybridized carbons (Fsp3) is 0.519. The summed E-state index contributed by atoms with van der Waals surface area (Å²) in [6.07, 6.45) is 0.306. The van der Waals surface area contributed by atoms with Gasteiger partial charge in [-0.15, -0.1) is 0 Å². The molecule has 1 aliphatic rings. The largest absolute Gasteiger partial charge is 0.497 e. The molecule has 0 aliphatic carbocycles. The van der Waals surface area contributed by atoms with Crippen LogP contribution in [-0.4, -0.2) is 84.0 Å². The summed E-state index contributed by atoms with van der Waals surface area (Å²) in [5.41, 5.74) is 1.40. The highest BCUT2D eigenvalue weighted by molar-refractivity contribution is 7.89. The Hall–Kier alpha value is -3.18. The predicted octanol–water partition coefficient (Wildman–Crippen LogP) is 3.16. The molecular weight excluding hydrogens is 510 g/mol. The molecule has 38 heavy (non-hydrogen) atoms. The van der Waals surface area contributed by atoms with Crippen molar-refractivity contribution >= 4 is 21.6 Å². The van der Waals surface area contributed by atoms with E-state index in [0.29, 0.717) is 75.2 Å². The van der Waals surface area contributed by atoms with Crippen LogP contribution < -0.4 is 29.2 Å². The van der Waals surface area contributed by atoms with E-state index in [1.165, 1.54) is 4.31 Å². The van der Waals surface area contributed by atoms with Crippen molar-refractivity contribution in [3.8, 4) is 23.0 Å². The first kappa shape index (κ1) is 29.4. The molecule has 0 spiro atoms. The van der Waals surface area contributed by atoms with Crippen molar-refractivity contribution in [1.82, 2.24) is 9.62 Å². The van der Waals surface area contributed by atoms with Crippen LogP contribution in [0.4, 0.5) is 5.69 Å². The summed E-state index contributed by atoms with van der Waals surface area (Å²) in [5, 5.41) is 2.81. The number of ether oxygens (including phenoxy) is 4. The molecule has 10 nitrogen and oxygen atoms in total. The van der Waals surface area contributed by atoms with Gasteiger partial charge in [-0.1, -0.05) is 0 Å². The lowest BCUT2D eigenvalue weighted by Gasteiger charge is -2.35. The molecule has 1 heterocycles. The molecule has 3 rings (SSSR count). The lowest BCUT2D eigenvalue weighted by atomic mass is 10.1. The summed E-state index contributed by atoms with van der Waals surface area (Å²) < 4.78 is 49.5. The van der Waals surface area contributed by atoms with E-state index in [-0.39, 0.29) is 18.2 Å². The molecule has 0 radical (unpaired) electrons. The van der Waals surface area contributed by atoms with Gasteiger partial charge in [-0.25, -0.2) is 8.42 Å². The zero-order valence-corrected chi connectivity index (χ0v) is 23.5. The third kappa shape index (κ3) is 7.67. The maximum Gasteiger partial charge on any atom is 0.251 e. The first-order valence-corrected chi connectivity index (χ1v) is 14.6. The minimum absolute atomic E-state index is 0.0342. The van der Waals surface area contributed by atoms with Crippen LogP contribution in [0.15, 0.2) is 36.4 Å². The second-order valence-electron chi connectivity index (χ2n) is 8.61. The highest BCUT2D eigenvalue weighted by atomic mass is 32.2. The van der Waals surface area contributed by atoms with Crippen molar-refractivity contribution in [2.45, 2.75) is 27.2 Å². The van der Waals surface area contributed by atoms with Crippen LogP contribution in [0.2, 0.25) is 0 Å². The van der Waals surface area contributed by atoms with Gasteiger partial charge in [-0.2, -0.15) is 4.31 Å². The summed E-state index contributed by atoms with van der Waals surface area (Å²) in [6, 6.07) is 11.0. The number of rotatable bonds is 14. The molecule has 0 aromatic heterocycles. The van der Waals surface area contributed by atoms with Gasteiger partial charge in [0.05, 0.1) is 32.7 Å². The number of nitrogens with one attached hydrogen (secondary N) is 1. The van der Waals surface area contributed by atoms with E-state index in [1.54, 1.807) is 19.2 Å². The van der Waals surface area contributed by atoms with Crippen LogP contribution in [0.3, 0.4) is 0 Å². The Morgan fingerprint density at radius 1 is 0.895 bits per heavy atom. The maximum absolute atomic E-state index is 12.9. The van der Waals surface area contributed by atoms with Gasteiger partial charge in [0.25, 0.3) is 5.91 Å². The number of hydrogen-bond donors (Lipinski definition) is 1. The van der Waals surface area contributed by atoms with Crippen LogP contribution in [-0.2, 0) is 10.0 Å². The van der Waals surface area contributed by atoms with Crippen LogP contribution in [0.1, 0.15) is 37.6 Å². The van der Waals surface area contributed by atoms with Gasteiger partial charge in [0.2, 0.25) is 15.8 Å². The summed E-state index contributed by atoms with van der Waals surface area (Å²) in [5.74, 6) is 1.75. The monoisotopic (exact) mass is 549 g/mol. The molecule has 1 saturated heterocycles. The molecule has 1 amide bonds. The average Bonchev–Trinajstić information content (AvgIpc) is 2.93. The van der Waals surface area contributed by atoms with E-state index < -0.39 is 10.0 Å². The van der Waals surface area contributed by atoms with Crippen LogP contribution in [0.25, 0.3) is 0 Å². The van der Waals surface area contributed by atoms with Crippen molar-refractivity contribution in [2.75, 3.05) is 70.3 Å². The van der Waals surface area contributed by atoms with Crippen molar-refractivity contribution in [1.29, 1.82) is 0 Å². The molecule has 2 aromatic rings. The Balaban J connectivity index is 1.52. The number of amides is 1. The van der Waals surface area contributed by atoms with Gasteiger partial charge in [-0.3, -0.25) is 4.79 Å². The third-order valence-corrected chi connectivity index (χ3v) is 8.06. The van der Waals surface area contributed by atoms with E-state index in [1.807, 2.05) is 45.0 Å². The number of nitrogens with zero attached hydrogens (tertiary/aromatic N) is 2. The molecule has 1 aliphatic heterocycles. The third-order valence-electron chi connectivity index (χ3n) is 6.11. The fourth-order valence-corrected chi connectivity index (χ4v) is 5.71. The topological polar surface area (TPSA) is 107 Å². The zero-order chi connectivity index (χ0) is 27.5. The maximum atomic E-state index is 12.9. The molecule has 0 atom stereocenters. The van der Waals surface area contributed by atoms with Gasteiger partial charge in [-0.05, 0) is 63.6 Å². The minimum atomic E-state index is -3.42. The van der Waals surface area contributed by atoms with Gasteiger partial charge in [0, 0.05) is 44.0 Å². The number of carbonyl (C=O) groups is 1. The van der Waals surface area contributed by atoms with E-state index in [0.717, 1.165) is 11.4 Å². The quantitative estimate of drug-likeness (QED) is 0.358. The molecule has 0 saturated carbocycles. The Labute approximate surface area is 225 Å². The van der Waals surface area contributed by atoms with E-state index in [9.17, 15) is 13.2 Å². The first-order valence-electron chi connectivity index (χ1n) is 13.0. The number of benzene rings is 2. The highest BCUT2D eigenvalue weighted by Gasteiger charge is 2.27. The first-order chi connectivity index (χ1) is 18.3. The van der Waals surface area contributed by atoms with E-state index >= 15 is 0 Å². The van der Waals surface area contributed by atoms with Gasteiger partial charge in [0.1, 0.15) is 5.75 Å². The van der Waals surface area contributed by atoms with Crippen LogP contribution in [0.5, 0.6) is 23.0 Å². The number of sulfonamides is 1. The lowest BCUT2D eigenvalue weighted by molar-refractivity contribution is 0.0952. The van der Waals surface area contributed by atoms with Crippen molar-refractivity contribution in [3.05, 3.63) is 42.0 Å². The van der Waals surface area contributed by atoms with Gasteiger partial charge >= 0.3 is 0 Å². The Bertz CT molecular complexity index is 1120. The van der Waals surface area contributed by atoms with Gasteiger partial charge in [0.15, 0.2) is 11.5 Å². The van der Waals surface area contributed by atoms with Crippen LogP contribution in [0, 0.1) is 0 Å². The lowest BCUT2D eigenvalue weighted by Crippen LogP contribution is -2.49. The number of anilines is 1. The Morgan fingerprint density at radius 2 is 1.47 bits per heavy atom. The minimum Gasteiger partial charge on any atom is -0.497 e. The number of carbonyl (C=O) groups excluding carboxylic acids is 1. The molecule has 1 N–H and O–H groups in total. The average molecular weight is 550 g/mol. The highest BCUT2D eigenvalue weighted by Crippen LogP contribution is 2.39. The van der Waals surface area contributed by atoms with E-state index in [4.69, 9.17) is 18.9 Å². The smallest absolute Gasteiger partial charge is 0.251 e. The SMILES string of the molecule is CCOc1cc(C(=O)NCCCS(=O)(=O)N2CCN(c3ccc(OC)cc3)CC2)cc(OCC)c1OCC. The number of piperazine rings is 1. The molecule has 0 unspecified atom stereocenters. The summed E-state index contributed by atoms with van der Waals surface area (Å²) in [4.78, 5) is 15.0. The zero-order valence-electron chi connectivity index (χ0n) is 22.7. The second-order valence-corrected chi connectivity index (χ2v) is 10.7. The molecular formula is C27H39N3O7S. The normalized spacial score (nSPS) is 14.2. The standard InChI is InChI=1S/C27H39N3O7S/c1-5-35-24-19-21(20-25(36-6-2)26(24)37-7-3)27(31)28-13-8-18-38(32,33)30-16-14-29(15-17-30)22-9-11-23(34-4)12-10-22/h9-12,19-20H,5-8,13-18H2,1-4H3,(H,28,31). The van der Waals surface area contributed by atoms with Crippen molar-refractivity contribution in [2.24, 2.45) is 0 Å². The molecule has 0 bridgehead atoms. The summed E-state index contributed by atoms with van der Waals surface area (Å²) in [6.45, 7) is 9.11.